The molecule has 0 saturated carbocycles. The first kappa shape index (κ1) is 28.3. The van der Waals surface area contributed by atoms with E-state index in [-0.39, 0.29) is 41.6 Å². The summed E-state index contributed by atoms with van der Waals surface area (Å²) in [6, 6.07) is 13.7. The van der Waals surface area contributed by atoms with Gasteiger partial charge in [0, 0.05) is 0 Å². The maximum absolute atomic E-state index is 6.37. The van der Waals surface area contributed by atoms with E-state index in [4.69, 9.17) is 6.64 Å². The summed E-state index contributed by atoms with van der Waals surface area (Å²) in [5.74, 6) is 2.12. The summed E-state index contributed by atoms with van der Waals surface area (Å²) in [5, 5.41) is 2.17. The van der Waals surface area contributed by atoms with E-state index in [0.29, 0.717) is 0 Å². The van der Waals surface area contributed by atoms with Gasteiger partial charge in [0.1, 0.15) is 0 Å². The molecule has 0 atom stereocenters. The number of fused-ring (bicyclic) bond motifs is 2. The van der Waals surface area contributed by atoms with Crippen LogP contribution >= 0.6 is 11.3 Å². The topological polar surface area (TPSA) is 18.5 Å². The van der Waals surface area contributed by atoms with Crippen LogP contribution in [0.4, 0.5) is 0 Å². The third-order valence-electron chi connectivity index (χ3n) is 6.08. The Morgan fingerprint density at radius 2 is 1.21 bits per heavy atom. The zero-order valence-corrected chi connectivity index (χ0v) is 24.5. The third-order valence-corrected chi connectivity index (χ3v) is 7.91. The molecule has 1 aliphatic rings. The number of halogens is 2. The molecule has 2 aromatic carbocycles. The molecule has 176 valence electrons. The van der Waals surface area contributed by atoms with E-state index in [0.717, 1.165) is 11.5 Å². The van der Waals surface area contributed by atoms with E-state index in [1.54, 1.807) is 0 Å². The summed E-state index contributed by atoms with van der Waals surface area (Å²) in [4.78, 5) is 1.33. The third kappa shape index (κ3) is 5.65. The Kier molecular flexibility index (Phi) is 8.86. The van der Waals surface area contributed by atoms with Gasteiger partial charge < -0.3 is 24.8 Å². The molecule has 0 radical (unpaired) electrons. The molecule has 2 nitrogen and oxygen atoms in total. The van der Waals surface area contributed by atoms with Gasteiger partial charge in [-0.05, 0) is 0 Å². The molecule has 0 N–H and O–H groups in total. The quantitative estimate of drug-likeness (QED) is 0.440. The smallest absolute Gasteiger partial charge is 1.00 e. The first-order valence-corrected chi connectivity index (χ1v) is 13.0. The Morgan fingerprint density at radius 1 is 0.758 bits per heavy atom. The standard InChI is InChI=1S/C27H34O2S.2ClH.Ti/c1-16-12-18(26(3,4)5)14-20(24(16)28)23(22-10-9-11-30-22)21-15-19(27(6,7)8)13-17(2)25(21)29;;;/h9-15,23,28-29H,1-8H3;2*1H;/q;;;+4/p-4. The van der Waals surface area contributed by atoms with Gasteiger partial charge in [-0.15, -0.1) is 0 Å². The van der Waals surface area contributed by atoms with Gasteiger partial charge in [-0.2, -0.15) is 0 Å². The number of rotatable bonds is 1. The van der Waals surface area contributed by atoms with Crippen molar-refractivity contribution < 1.29 is 51.4 Å². The van der Waals surface area contributed by atoms with Gasteiger partial charge in [0.25, 0.3) is 0 Å². The average Bonchev–Trinajstić information content (AvgIpc) is 3.15. The van der Waals surface area contributed by atoms with Crippen molar-refractivity contribution in [3.8, 4) is 11.5 Å². The minimum atomic E-state index is -1.05. The largest absolute Gasteiger partial charge is 1.00 e. The predicted octanol–water partition coefficient (Wildman–Crippen LogP) is 1.83. The molecular formula is C27H32Cl2O2STi. The van der Waals surface area contributed by atoms with Gasteiger partial charge in [-0.25, -0.2) is 0 Å². The van der Waals surface area contributed by atoms with E-state index in [1.165, 1.54) is 38.3 Å². The molecule has 0 amide bonds. The molecule has 1 aromatic heterocycles. The summed E-state index contributed by atoms with van der Waals surface area (Å²) in [5.41, 5.74) is 7.77. The molecule has 2 heterocycles. The second-order valence-corrected chi connectivity index (χ2v) is 12.5. The van der Waals surface area contributed by atoms with Crippen molar-refractivity contribution in [3.05, 3.63) is 80.0 Å². The van der Waals surface area contributed by atoms with Crippen LogP contribution in [0.1, 0.15) is 85.7 Å². The van der Waals surface area contributed by atoms with E-state index in [1.807, 2.05) is 11.3 Å². The van der Waals surface area contributed by atoms with Crippen LogP contribution in [0.5, 0.6) is 11.5 Å². The zero-order valence-electron chi connectivity index (χ0n) is 20.6. The Hall–Kier alpha value is -0.966. The van der Waals surface area contributed by atoms with Crippen molar-refractivity contribution in [3.63, 3.8) is 0 Å². The molecule has 6 heteroatoms. The summed E-state index contributed by atoms with van der Waals surface area (Å²) >= 11 is 0.764. The van der Waals surface area contributed by atoms with E-state index in [2.05, 4.69) is 97.2 Å². The Labute approximate surface area is 225 Å². The molecule has 0 unspecified atom stereocenters. The maximum Gasteiger partial charge on any atom is -1.00 e. The number of aryl methyl sites for hydroxylation is 2. The van der Waals surface area contributed by atoms with Gasteiger partial charge in [0.15, 0.2) is 0 Å². The molecule has 0 saturated heterocycles. The predicted molar refractivity (Wildman–Crippen MR) is 126 cm³/mol. The van der Waals surface area contributed by atoms with E-state index < -0.39 is 19.9 Å². The van der Waals surface area contributed by atoms with Crippen LogP contribution in [0.25, 0.3) is 0 Å². The van der Waals surface area contributed by atoms with Gasteiger partial charge >= 0.3 is 202 Å². The summed E-state index contributed by atoms with van der Waals surface area (Å²) in [7, 11) is 0. The van der Waals surface area contributed by atoms with Crippen molar-refractivity contribution in [1.82, 2.24) is 0 Å². The Bertz CT molecular complexity index is 1040. The van der Waals surface area contributed by atoms with Gasteiger partial charge in [-0.3, -0.25) is 0 Å². The van der Waals surface area contributed by atoms with Gasteiger partial charge in [0.2, 0.25) is 0 Å². The minimum Gasteiger partial charge on any atom is -1.00 e. The number of benzene rings is 2. The molecule has 4 rings (SSSR count). The van der Waals surface area contributed by atoms with E-state index >= 15 is 0 Å². The molecule has 0 aliphatic carbocycles. The number of hydrogen-bond acceptors (Lipinski definition) is 3. The van der Waals surface area contributed by atoms with Crippen LogP contribution in [-0.4, -0.2) is 0 Å². The van der Waals surface area contributed by atoms with Crippen molar-refractivity contribution in [2.45, 2.75) is 72.1 Å². The van der Waals surface area contributed by atoms with Crippen molar-refractivity contribution in [1.29, 1.82) is 0 Å². The molecule has 1 aliphatic heterocycles. The summed E-state index contributed by atoms with van der Waals surface area (Å²) < 4.78 is 12.7. The molecule has 0 spiro atoms. The summed E-state index contributed by atoms with van der Waals surface area (Å²) in [6.07, 6.45) is 0. The van der Waals surface area contributed by atoms with Crippen LogP contribution < -0.4 is 31.5 Å². The SMILES string of the molecule is Cc1cc(C(C)(C)C)cc2c1[O][Ti+2][O]c1c(C)cc(C(C)(C)C)cc1C2c1cccs1.[Cl-].[Cl-]. The van der Waals surface area contributed by atoms with Gasteiger partial charge in [-0.1, -0.05) is 0 Å². The van der Waals surface area contributed by atoms with Crippen LogP contribution in [0.3, 0.4) is 0 Å². The second-order valence-electron chi connectivity index (χ2n) is 10.7. The van der Waals surface area contributed by atoms with Gasteiger partial charge in [0.05, 0.1) is 0 Å². The van der Waals surface area contributed by atoms with Crippen LogP contribution in [0.15, 0.2) is 41.8 Å². The van der Waals surface area contributed by atoms with Crippen LogP contribution in [-0.2, 0) is 30.8 Å². The molecule has 3 aromatic rings. The minimum absolute atomic E-state index is 0. The zero-order chi connectivity index (χ0) is 22.6. The normalized spacial score (nSPS) is 13.3. The monoisotopic (exact) mass is 538 g/mol. The molecule has 0 bridgehead atoms. The van der Waals surface area contributed by atoms with Crippen molar-refractivity contribution in [2.75, 3.05) is 0 Å². The first-order chi connectivity index (χ1) is 14.5. The number of hydrogen-bond donors (Lipinski definition) is 0. The molecular weight excluding hydrogens is 507 g/mol. The van der Waals surface area contributed by atoms with Crippen LogP contribution in [0, 0.1) is 13.8 Å². The van der Waals surface area contributed by atoms with E-state index in [9.17, 15) is 0 Å². The summed E-state index contributed by atoms with van der Waals surface area (Å²) in [6.45, 7) is 18.0. The fourth-order valence-electron chi connectivity index (χ4n) is 4.21. The Morgan fingerprint density at radius 3 is 1.58 bits per heavy atom. The number of thiophene rings is 1. The fraction of sp³-hybridized carbons (Fsp3) is 0.407. The van der Waals surface area contributed by atoms with Crippen molar-refractivity contribution >= 4 is 11.3 Å². The van der Waals surface area contributed by atoms with Crippen LogP contribution in [0.2, 0.25) is 0 Å². The first-order valence-electron chi connectivity index (χ1n) is 10.9. The van der Waals surface area contributed by atoms with Crippen molar-refractivity contribution in [2.24, 2.45) is 0 Å². The second kappa shape index (κ2) is 10.3. The Balaban J connectivity index is 0.00000193. The average molecular weight is 539 g/mol. The maximum atomic E-state index is 6.37. The molecule has 0 fully saturated rings. The fourth-order valence-corrected chi connectivity index (χ4v) is 6.27. The molecule has 33 heavy (non-hydrogen) atoms.